The molecule has 2 aromatic rings. The van der Waals surface area contributed by atoms with Gasteiger partial charge in [-0.3, -0.25) is 19.3 Å². The van der Waals surface area contributed by atoms with E-state index in [9.17, 15) is 28.7 Å². The van der Waals surface area contributed by atoms with Gasteiger partial charge in [0.05, 0.1) is 12.5 Å². The lowest BCUT2D eigenvalue weighted by Gasteiger charge is -2.38. The third-order valence-corrected chi connectivity index (χ3v) is 7.16. The van der Waals surface area contributed by atoms with Crippen LogP contribution in [0.4, 0.5) is 9.18 Å². The molecular weight excluding hydrogens is 501 g/mol. The summed E-state index contributed by atoms with van der Waals surface area (Å²) in [6.07, 6.45) is -0.628. The third kappa shape index (κ3) is 7.65. The highest BCUT2D eigenvalue weighted by molar-refractivity contribution is 6.38. The van der Waals surface area contributed by atoms with Gasteiger partial charge in [0, 0.05) is 6.54 Å². The molecule has 3 amide bonds. The van der Waals surface area contributed by atoms with Crippen LogP contribution in [0.3, 0.4) is 0 Å². The van der Waals surface area contributed by atoms with Gasteiger partial charge >= 0.3 is 6.09 Å². The van der Waals surface area contributed by atoms with Crippen molar-refractivity contribution in [3.8, 4) is 0 Å². The molecule has 1 fully saturated rings. The van der Waals surface area contributed by atoms with Crippen LogP contribution >= 0.6 is 0 Å². The number of rotatable bonds is 11. The maximum absolute atomic E-state index is 13.5. The molecule has 8 nitrogen and oxygen atoms in total. The average molecular weight is 540 g/mol. The summed E-state index contributed by atoms with van der Waals surface area (Å²) in [7, 11) is 0. The second-order valence-corrected chi connectivity index (χ2v) is 11.0. The van der Waals surface area contributed by atoms with Gasteiger partial charge in [-0.2, -0.15) is 0 Å². The van der Waals surface area contributed by atoms with Crippen molar-refractivity contribution in [1.82, 2.24) is 15.1 Å². The zero-order valence-electron chi connectivity index (χ0n) is 23.0. The molecule has 2 N–H and O–H groups in total. The van der Waals surface area contributed by atoms with Crippen LogP contribution in [0, 0.1) is 11.2 Å². The molecule has 1 saturated heterocycles. The largest absolute Gasteiger partial charge is 0.465 e. The number of hydrogen-bond acceptors (Lipinski definition) is 4. The Hall–Kier alpha value is -3.75. The maximum Gasteiger partial charge on any atom is 0.409 e. The van der Waals surface area contributed by atoms with Crippen molar-refractivity contribution in [2.45, 2.75) is 78.0 Å². The summed E-state index contributed by atoms with van der Waals surface area (Å²) in [5.41, 5.74) is 0.993. The molecule has 9 heteroatoms. The molecule has 1 heterocycles. The Balaban J connectivity index is 1.88. The fourth-order valence-corrected chi connectivity index (χ4v) is 5.12. The van der Waals surface area contributed by atoms with Crippen molar-refractivity contribution in [3.63, 3.8) is 0 Å². The van der Waals surface area contributed by atoms with Crippen LogP contribution in [0.1, 0.15) is 70.5 Å². The first-order valence-electron chi connectivity index (χ1n) is 13.4. The third-order valence-electron chi connectivity index (χ3n) is 7.16. The first-order valence-corrected chi connectivity index (χ1v) is 13.4. The Morgan fingerprint density at radius 2 is 1.74 bits per heavy atom. The summed E-state index contributed by atoms with van der Waals surface area (Å²) < 4.78 is 13.4. The predicted octanol–water partition coefficient (Wildman–Crippen LogP) is 4.94. The number of nitrogens with zero attached hydrogens (tertiary/aromatic N) is 2. The van der Waals surface area contributed by atoms with Gasteiger partial charge in [-0.05, 0) is 48.4 Å². The first kappa shape index (κ1) is 29.8. The molecule has 0 aliphatic carbocycles. The number of ketones is 1. The summed E-state index contributed by atoms with van der Waals surface area (Å²) in [6.45, 7) is 7.82. The highest BCUT2D eigenvalue weighted by atomic mass is 19.1. The second-order valence-electron chi connectivity index (χ2n) is 11.0. The molecular formula is C30H38FN3O5. The molecule has 0 bridgehead atoms. The van der Waals surface area contributed by atoms with Gasteiger partial charge in [-0.15, -0.1) is 0 Å². The molecule has 0 radical (unpaired) electrons. The Morgan fingerprint density at radius 3 is 2.33 bits per heavy atom. The van der Waals surface area contributed by atoms with E-state index < -0.39 is 47.3 Å². The Kier molecular flexibility index (Phi) is 9.83. The molecule has 0 saturated carbocycles. The maximum atomic E-state index is 13.5. The number of carbonyl (C=O) groups is 4. The zero-order chi connectivity index (χ0) is 28.7. The monoisotopic (exact) mass is 539 g/mol. The minimum atomic E-state index is -1.37. The van der Waals surface area contributed by atoms with Crippen molar-refractivity contribution in [1.29, 1.82) is 0 Å². The van der Waals surface area contributed by atoms with Gasteiger partial charge in [0.15, 0.2) is 0 Å². The van der Waals surface area contributed by atoms with Crippen LogP contribution in [-0.4, -0.2) is 57.3 Å². The van der Waals surface area contributed by atoms with Crippen LogP contribution in [0.5, 0.6) is 0 Å². The van der Waals surface area contributed by atoms with Crippen LogP contribution in [-0.2, 0) is 20.8 Å². The average Bonchev–Trinajstić information content (AvgIpc) is 3.22. The highest BCUT2D eigenvalue weighted by Gasteiger charge is 2.48. The Labute approximate surface area is 229 Å². The number of nitrogens with one attached hydrogen (secondary N) is 1. The lowest BCUT2D eigenvalue weighted by Crippen LogP contribution is -2.58. The van der Waals surface area contributed by atoms with E-state index >= 15 is 0 Å². The number of carboxylic acid groups (broad SMARTS) is 1. The van der Waals surface area contributed by atoms with E-state index in [4.69, 9.17) is 0 Å². The number of Topliss-reactive ketones (excluding diaryl/α,β-unsaturated/α-hetero) is 1. The fourth-order valence-electron chi connectivity index (χ4n) is 5.12. The molecule has 2 aromatic carbocycles. The van der Waals surface area contributed by atoms with Gasteiger partial charge in [0.2, 0.25) is 11.7 Å². The van der Waals surface area contributed by atoms with E-state index in [1.807, 2.05) is 51.1 Å². The lowest BCUT2D eigenvalue weighted by molar-refractivity contribution is -0.144. The number of amides is 3. The van der Waals surface area contributed by atoms with E-state index in [-0.39, 0.29) is 25.3 Å². The van der Waals surface area contributed by atoms with E-state index in [0.717, 1.165) is 10.5 Å². The number of carbonyl (C=O) groups excluding carboxylic acids is 3. The van der Waals surface area contributed by atoms with Crippen LogP contribution in [0.15, 0.2) is 54.6 Å². The molecule has 1 aliphatic heterocycles. The zero-order valence-corrected chi connectivity index (χ0v) is 23.0. The van der Waals surface area contributed by atoms with Crippen molar-refractivity contribution in [2.75, 3.05) is 6.54 Å². The molecule has 39 heavy (non-hydrogen) atoms. The Bertz CT molecular complexity index is 1170. The molecule has 1 aliphatic rings. The second kappa shape index (κ2) is 12.9. The quantitative estimate of drug-likeness (QED) is 0.394. The summed E-state index contributed by atoms with van der Waals surface area (Å²) in [5.74, 6) is -2.45. The fraction of sp³-hybridized carbons (Fsp3) is 0.467. The molecule has 1 unspecified atom stereocenters. The molecule has 0 spiro atoms. The number of halogens is 1. The smallest absolute Gasteiger partial charge is 0.409 e. The van der Waals surface area contributed by atoms with Crippen molar-refractivity contribution in [3.05, 3.63) is 71.5 Å². The SMILES string of the molecule is CCCC[C@@H](C(=O)C(=O)N[C@H](C)c1ccccc1)N(C(=O)O)C1CC(C)(C)CN1C(=O)Cc1ccc(F)cc1. The number of unbranched alkanes of at least 4 members (excludes halogenated alkanes) is 1. The van der Waals surface area contributed by atoms with E-state index in [1.165, 1.54) is 29.2 Å². The topological polar surface area (TPSA) is 107 Å². The molecule has 0 aromatic heterocycles. The van der Waals surface area contributed by atoms with Crippen LogP contribution in [0.2, 0.25) is 0 Å². The van der Waals surface area contributed by atoms with Crippen LogP contribution in [0.25, 0.3) is 0 Å². The van der Waals surface area contributed by atoms with E-state index in [2.05, 4.69) is 5.32 Å². The molecule has 3 atom stereocenters. The lowest BCUT2D eigenvalue weighted by atomic mass is 9.91. The summed E-state index contributed by atoms with van der Waals surface area (Å²) in [5, 5.41) is 13.1. The number of likely N-dealkylation sites (tertiary alicyclic amines) is 1. The first-order chi connectivity index (χ1) is 18.4. The minimum absolute atomic E-state index is 0.0387. The van der Waals surface area contributed by atoms with Crippen molar-refractivity contribution in [2.24, 2.45) is 5.41 Å². The summed E-state index contributed by atoms with van der Waals surface area (Å²) >= 11 is 0. The van der Waals surface area contributed by atoms with Crippen molar-refractivity contribution >= 4 is 23.7 Å². The Morgan fingerprint density at radius 1 is 1.10 bits per heavy atom. The van der Waals surface area contributed by atoms with Crippen LogP contribution < -0.4 is 5.32 Å². The predicted molar refractivity (Wildman–Crippen MR) is 145 cm³/mol. The summed E-state index contributed by atoms with van der Waals surface area (Å²) in [4.78, 5) is 55.2. The van der Waals surface area contributed by atoms with Gasteiger partial charge in [-0.1, -0.05) is 76.1 Å². The highest BCUT2D eigenvalue weighted by Crippen LogP contribution is 2.37. The minimum Gasteiger partial charge on any atom is -0.465 e. The standard InChI is InChI=1S/C30H38FN3O5/c1-5-6-12-24(27(36)28(37)32-20(2)22-10-8-7-9-11-22)34(29(38)39)25-18-30(3,4)19-33(25)26(35)17-21-13-15-23(31)16-14-21/h7-11,13-16,20,24-25H,5-6,12,17-19H2,1-4H3,(H,32,37)(H,38,39)/t20-,24+,25?/m1/s1. The number of hydrogen-bond donors (Lipinski definition) is 2. The normalized spacial score (nSPS) is 17.8. The van der Waals surface area contributed by atoms with E-state index in [0.29, 0.717) is 24.8 Å². The number of benzene rings is 2. The van der Waals surface area contributed by atoms with Gasteiger partial charge in [-0.25, -0.2) is 9.18 Å². The van der Waals surface area contributed by atoms with Gasteiger partial charge < -0.3 is 15.3 Å². The van der Waals surface area contributed by atoms with Gasteiger partial charge in [0.1, 0.15) is 18.0 Å². The van der Waals surface area contributed by atoms with Gasteiger partial charge in [0.25, 0.3) is 5.91 Å². The molecule has 210 valence electrons. The van der Waals surface area contributed by atoms with E-state index in [1.54, 1.807) is 6.92 Å². The molecule has 3 rings (SSSR count). The summed E-state index contributed by atoms with van der Waals surface area (Å²) in [6, 6.07) is 13.0. The van der Waals surface area contributed by atoms with Crippen molar-refractivity contribution < 1.29 is 28.7 Å².